The number of carbonyl (C=O) groups excluding carboxylic acids is 2. The number of nitrogens with two attached hydrogens (primary N) is 2. The Morgan fingerprint density at radius 1 is 0.957 bits per heavy atom. The van der Waals surface area contributed by atoms with Crippen molar-refractivity contribution in [3.8, 4) is 0 Å². The van der Waals surface area contributed by atoms with E-state index in [-0.39, 0.29) is 36.2 Å². The lowest BCUT2D eigenvalue weighted by Gasteiger charge is -2.44. The van der Waals surface area contributed by atoms with E-state index in [1.165, 1.54) is 6.42 Å². The lowest BCUT2D eigenvalue weighted by atomic mass is 9.64. The van der Waals surface area contributed by atoms with Crippen molar-refractivity contribution in [3.63, 3.8) is 0 Å². The smallest absolute Gasteiger partial charge is 0.243 e. The van der Waals surface area contributed by atoms with E-state index in [4.69, 9.17) is 11.5 Å². The van der Waals surface area contributed by atoms with Gasteiger partial charge in [-0.3, -0.25) is 9.59 Å². The van der Waals surface area contributed by atoms with Crippen LogP contribution in [0.15, 0.2) is 0 Å². The quantitative estimate of drug-likeness (QED) is 0.729. The van der Waals surface area contributed by atoms with Crippen LogP contribution in [0, 0.1) is 17.8 Å². The summed E-state index contributed by atoms with van der Waals surface area (Å²) in [6, 6.07) is 0.262. The van der Waals surface area contributed by atoms with Gasteiger partial charge in [-0.25, -0.2) is 0 Å². The second kappa shape index (κ2) is 7.39. The molecule has 23 heavy (non-hydrogen) atoms. The Hall–Kier alpha value is -0.810. The number of fused-ring (bicyclic) bond motifs is 2. The first-order valence-corrected chi connectivity index (χ1v) is 8.89. The number of primary amides is 1. The van der Waals surface area contributed by atoms with Crippen molar-refractivity contribution in [1.82, 2.24) is 5.32 Å². The second-order valence-electron chi connectivity index (χ2n) is 7.69. The van der Waals surface area contributed by atoms with Crippen molar-refractivity contribution >= 4 is 24.2 Å². The van der Waals surface area contributed by atoms with E-state index in [0.717, 1.165) is 44.9 Å². The minimum absolute atomic E-state index is 0. The van der Waals surface area contributed by atoms with Crippen molar-refractivity contribution in [1.29, 1.82) is 0 Å². The number of hydrogen-bond donors (Lipinski definition) is 3. The number of carbonyl (C=O) groups is 2. The van der Waals surface area contributed by atoms with Crippen molar-refractivity contribution in [3.05, 3.63) is 0 Å². The first-order valence-electron chi connectivity index (χ1n) is 8.89. The lowest BCUT2D eigenvalue weighted by molar-refractivity contribution is -0.136. The van der Waals surface area contributed by atoms with E-state index in [0.29, 0.717) is 24.7 Å². The molecule has 0 radical (unpaired) electrons. The van der Waals surface area contributed by atoms with E-state index in [2.05, 4.69) is 5.32 Å². The van der Waals surface area contributed by atoms with Gasteiger partial charge in [0, 0.05) is 12.0 Å². The molecule has 2 unspecified atom stereocenters. The van der Waals surface area contributed by atoms with Gasteiger partial charge in [-0.15, -0.1) is 12.4 Å². The zero-order valence-electron chi connectivity index (χ0n) is 13.8. The summed E-state index contributed by atoms with van der Waals surface area (Å²) in [6.45, 7) is 0. The average Bonchev–Trinajstić information content (AvgIpc) is 2.47. The van der Waals surface area contributed by atoms with Crippen LogP contribution >= 0.6 is 12.4 Å². The Bertz CT molecular complexity index is 437. The molecule has 0 saturated heterocycles. The molecule has 0 spiro atoms. The highest BCUT2D eigenvalue weighted by Gasteiger charge is 2.44. The van der Waals surface area contributed by atoms with Crippen molar-refractivity contribution in [2.75, 3.05) is 0 Å². The highest BCUT2D eigenvalue weighted by atomic mass is 35.5. The predicted molar refractivity (Wildman–Crippen MR) is 91.9 cm³/mol. The summed E-state index contributed by atoms with van der Waals surface area (Å²) in [4.78, 5) is 24.7. The molecule has 2 amide bonds. The first-order chi connectivity index (χ1) is 10.5. The highest BCUT2D eigenvalue weighted by molar-refractivity contribution is 5.91. The van der Waals surface area contributed by atoms with Crippen LogP contribution in [0.5, 0.6) is 0 Å². The lowest BCUT2D eigenvalue weighted by Crippen LogP contribution is -2.60. The summed E-state index contributed by atoms with van der Waals surface area (Å²) in [6.07, 6.45) is 9.69. The second-order valence-corrected chi connectivity index (χ2v) is 7.69. The number of hydrogen-bond acceptors (Lipinski definition) is 3. The molecule has 3 aliphatic rings. The fourth-order valence-corrected chi connectivity index (χ4v) is 4.93. The molecule has 0 aromatic heterocycles. The van der Waals surface area contributed by atoms with E-state index >= 15 is 0 Å². The van der Waals surface area contributed by atoms with Gasteiger partial charge in [-0.05, 0) is 50.4 Å². The molecular weight excluding hydrogens is 314 g/mol. The third kappa shape index (κ3) is 3.66. The van der Waals surface area contributed by atoms with Crippen LogP contribution in [-0.4, -0.2) is 23.4 Å². The molecule has 3 saturated carbocycles. The van der Waals surface area contributed by atoms with Crippen molar-refractivity contribution in [2.45, 2.75) is 75.8 Å². The van der Waals surface area contributed by atoms with Crippen molar-refractivity contribution < 1.29 is 9.59 Å². The maximum atomic E-state index is 12.8. The Balaban J connectivity index is 0.00000192. The van der Waals surface area contributed by atoms with Crippen LogP contribution in [-0.2, 0) is 9.59 Å². The summed E-state index contributed by atoms with van der Waals surface area (Å²) < 4.78 is 0. The summed E-state index contributed by atoms with van der Waals surface area (Å²) in [5.74, 6) is 0.615. The molecule has 0 aromatic carbocycles. The molecule has 6 heteroatoms. The van der Waals surface area contributed by atoms with Crippen molar-refractivity contribution in [2.24, 2.45) is 29.2 Å². The van der Waals surface area contributed by atoms with Gasteiger partial charge in [-0.1, -0.05) is 25.7 Å². The van der Waals surface area contributed by atoms with Crippen LogP contribution in [0.1, 0.15) is 64.2 Å². The molecule has 3 aliphatic carbocycles. The third-order valence-electron chi connectivity index (χ3n) is 6.33. The maximum Gasteiger partial charge on any atom is 0.243 e. The minimum atomic E-state index is -0.802. The largest absolute Gasteiger partial charge is 0.368 e. The van der Waals surface area contributed by atoms with Gasteiger partial charge in [0.1, 0.15) is 5.54 Å². The molecule has 5 nitrogen and oxygen atoms in total. The Morgan fingerprint density at radius 3 is 2.04 bits per heavy atom. The predicted octanol–water partition coefficient (Wildman–Crippen LogP) is 1.87. The highest BCUT2D eigenvalue weighted by Crippen LogP contribution is 2.42. The fourth-order valence-electron chi connectivity index (χ4n) is 4.93. The van der Waals surface area contributed by atoms with Crippen LogP contribution < -0.4 is 16.8 Å². The minimum Gasteiger partial charge on any atom is -0.368 e. The Kier molecular flexibility index (Phi) is 5.95. The fraction of sp³-hybridized carbons (Fsp3) is 0.882. The van der Waals surface area contributed by atoms with Gasteiger partial charge in [0.15, 0.2) is 0 Å². The summed E-state index contributed by atoms with van der Waals surface area (Å²) in [5, 5.41) is 3.05. The first kappa shape index (κ1) is 18.5. The molecule has 5 N–H and O–H groups in total. The molecule has 2 bridgehead atoms. The standard InChI is InChI=1S/C17H29N3O2.ClH/c18-14-11-5-4-6-12(14)10-13(9-11)15(21)20-17(16(19)22)7-2-1-3-8-17;/h11-14H,1-10,18H2,(H2,19,22)(H,20,21);1H. The van der Waals surface area contributed by atoms with Gasteiger partial charge in [-0.2, -0.15) is 0 Å². The van der Waals surface area contributed by atoms with Gasteiger partial charge < -0.3 is 16.8 Å². The topological polar surface area (TPSA) is 98.2 Å². The molecule has 0 aliphatic heterocycles. The Labute approximate surface area is 144 Å². The average molecular weight is 344 g/mol. The molecule has 3 rings (SSSR count). The van der Waals surface area contributed by atoms with Gasteiger partial charge in [0.25, 0.3) is 0 Å². The van der Waals surface area contributed by atoms with Gasteiger partial charge in [0.05, 0.1) is 0 Å². The summed E-state index contributed by atoms with van der Waals surface area (Å²) in [5.41, 5.74) is 11.1. The monoisotopic (exact) mass is 343 g/mol. The number of rotatable bonds is 3. The SMILES string of the molecule is Cl.NC(=O)C1(NC(=O)C2CC3CCCC(C2)C3N)CCCCC1. The van der Waals surface area contributed by atoms with E-state index in [1.807, 2.05) is 0 Å². The normalized spacial score (nSPS) is 35.7. The van der Waals surface area contributed by atoms with Crippen LogP contribution in [0.4, 0.5) is 0 Å². The molecule has 132 valence electrons. The van der Waals surface area contributed by atoms with E-state index in [1.54, 1.807) is 0 Å². The number of halogens is 1. The molecule has 0 heterocycles. The number of amides is 2. The van der Waals surface area contributed by atoms with E-state index in [9.17, 15) is 9.59 Å². The summed E-state index contributed by atoms with van der Waals surface area (Å²) >= 11 is 0. The number of nitrogens with one attached hydrogen (secondary N) is 1. The van der Waals surface area contributed by atoms with Crippen LogP contribution in [0.3, 0.4) is 0 Å². The molecule has 3 fully saturated rings. The van der Waals surface area contributed by atoms with Gasteiger partial charge >= 0.3 is 0 Å². The maximum absolute atomic E-state index is 12.8. The zero-order chi connectivity index (χ0) is 15.7. The molecular formula is C17H30ClN3O2. The molecule has 2 atom stereocenters. The molecule has 0 aromatic rings. The van der Waals surface area contributed by atoms with Crippen LogP contribution in [0.2, 0.25) is 0 Å². The van der Waals surface area contributed by atoms with Gasteiger partial charge in [0.2, 0.25) is 11.8 Å². The summed E-state index contributed by atoms with van der Waals surface area (Å²) in [7, 11) is 0. The van der Waals surface area contributed by atoms with E-state index < -0.39 is 5.54 Å². The Morgan fingerprint density at radius 2 is 1.52 bits per heavy atom. The van der Waals surface area contributed by atoms with Crippen LogP contribution in [0.25, 0.3) is 0 Å². The third-order valence-corrected chi connectivity index (χ3v) is 6.33. The zero-order valence-corrected chi connectivity index (χ0v) is 14.6.